The molecule has 0 aromatic heterocycles. The first-order valence-electron chi connectivity index (χ1n) is 6.94. The Morgan fingerprint density at radius 3 is 2.50 bits per heavy atom. The summed E-state index contributed by atoms with van der Waals surface area (Å²) in [7, 11) is 0. The zero-order chi connectivity index (χ0) is 14.7. The molecule has 1 aromatic rings. The second-order valence-corrected chi connectivity index (χ2v) is 6.47. The molecule has 0 radical (unpaired) electrons. The topological polar surface area (TPSA) is 23.6 Å². The van der Waals surface area contributed by atoms with Crippen LogP contribution < -0.4 is 0 Å². The first-order chi connectivity index (χ1) is 9.47. The molecule has 110 valence electrons. The van der Waals surface area contributed by atoms with Crippen molar-refractivity contribution < 1.29 is 9.18 Å². The number of piperazine rings is 1. The Morgan fingerprint density at radius 2 is 1.95 bits per heavy atom. The maximum atomic E-state index is 13.5. The predicted molar refractivity (Wildman–Crippen MR) is 81.3 cm³/mol. The lowest BCUT2D eigenvalue weighted by molar-refractivity contribution is 0.0623. The van der Waals surface area contributed by atoms with E-state index in [2.05, 4.69) is 34.7 Å². The largest absolute Gasteiger partial charge is 0.336 e. The quantitative estimate of drug-likeness (QED) is 0.842. The van der Waals surface area contributed by atoms with E-state index in [4.69, 9.17) is 0 Å². The minimum absolute atomic E-state index is 0.0828. The van der Waals surface area contributed by atoms with Gasteiger partial charge in [-0.25, -0.2) is 4.39 Å². The summed E-state index contributed by atoms with van der Waals surface area (Å²) in [5.74, 6) is 0.160. The van der Waals surface area contributed by atoms with Crippen LogP contribution in [-0.2, 0) is 0 Å². The molecule has 5 heteroatoms. The standard InChI is InChI=1S/C15H20BrFN2O/c1-11(2)10-18-5-7-19(8-6-18)15(20)12-3-4-13(16)14(17)9-12/h3-4,9,11H,5-8,10H2,1-2H3. The first kappa shape index (κ1) is 15.4. The van der Waals surface area contributed by atoms with Crippen molar-refractivity contribution in [2.24, 2.45) is 5.92 Å². The molecule has 0 bridgehead atoms. The van der Waals surface area contributed by atoms with E-state index >= 15 is 0 Å². The minimum Gasteiger partial charge on any atom is -0.336 e. The van der Waals surface area contributed by atoms with Crippen LogP contribution in [0.5, 0.6) is 0 Å². The van der Waals surface area contributed by atoms with Crippen LogP contribution in [-0.4, -0.2) is 48.4 Å². The Balaban J connectivity index is 1.96. The maximum absolute atomic E-state index is 13.5. The van der Waals surface area contributed by atoms with Crippen LogP contribution in [0.4, 0.5) is 4.39 Å². The number of benzene rings is 1. The number of halogens is 2. The molecule has 1 aromatic carbocycles. The van der Waals surface area contributed by atoms with Gasteiger partial charge >= 0.3 is 0 Å². The molecule has 1 heterocycles. The lowest BCUT2D eigenvalue weighted by Gasteiger charge is -2.35. The van der Waals surface area contributed by atoms with Crippen molar-refractivity contribution in [3.8, 4) is 0 Å². The number of hydrogen-bond acceptors (Lipinski definition) is 2. The van der Waals surface area contributed by atoms with Crippen LogP contribution in [0.2, 0.25) is 0 Å². The highest BCUT2D eigenvalue weighted by Crippen LogP contribution is 2.18. The van der Waals surface area contributed by atoms with E-state index in [-0.39, 0.29) is 5.91 Å². The molecular weight excluding hydrogens is 323 g/mol. The van der Waals surface area contributed by atoms with Gasteiger partial charge in [-0.1, -0.05) is 13.8 Å². The van der Waals surface area contributed by atoms with Crippen LogP contribution >= 0.6 is 15.9 Å². The van der Waals surface area contributed by atoms with Crippen molar-refractivity contribution in [3.05, 3.63) is 34.1 Å². The number of amides is 1. The van der Waals surface area contributed by atoms with Crippen molar-refractivity contribution in [1.29, 1.82) is 0 Å². The number of hydrogen-bond donors (Lipinski definition) is 0. The van der Waals surface area contributed by atoms with Gasteiger partial charge in [0.25, 0.3) is 5.91 Å². The predicted octanol–water partition coefficient (Wildman–Crippen LogP) is 3.00. The van der Waals surface area contributed by atoms with Crippen LogP contribution in [0, 0.1) is 11.7 Å². The monoisotopic (exact) mass is 342 g/mol. The Bertz CT molecular complexity index is 485. The number of carbonyl (C=O) groups is 1. The lowest BCUT2D eigenvalue weighted by atomic mass is 10.1. The number of rotatable bonds is 3. The van der Waals surface area contributed by atoms with Crippen molar-refractivity contribution in [3.63, 3.8) is 0 Å². The summed E-state index contributed by atoms with van der Waals surface area (Å²) in [4.78, 5) is 16.5. The van der Waals surface area contributed by atoms with Crippen molar-refractivity contribution in [2.45, 2.75) is 13.8 Å². The number of carbonyl (C=O) groups excluding carboxylic acids is 1. The smallest absolute Gasteiger partial charge is 0.254 e. The summed E-state index contributed by atoms with van der Waals surface area (Å²) >= 11 is 3.10. The van der Waals surface area contributed by atoms with E-state index < -0.39 is 5.82 Å². The van der Waals surface area contributed by atoms with Crippen LogP contribution in [0.3, 0.4) is 0 Å². The van der Waals surface area contributed by atoms with Gasteiger partial charge in [-0.15, -0.1) is 0 Å². The second-order valence-electron chi connectivity index (χ2n) is 5.62. The molecule has 1 aliphatic heterocycles. The Morgan fingerprint density at radius 1 is 1.30 bits per heavy atom. The molecule has 0 saturated carbocycles. The Labute approximate surface area is 127 Å². The highest BCUT2D eigenvalue weighted by molar-refractivity contribution is 9.10. The molecule has 0 N–H and O–H groups in total. The van der Waals surface area contributed by atoms with Crippen molar-refractivity contribution in [2.75, 3.05) is 32.7 Å². The van der Waals surface area contributed by atoms with Gasteiger partial charge in [0.1, 0.15) is 5.82 Å². The van der Waals surface area contributed by atoms with Gasteiger partial charge in [0, 0.05) is 38.3 Å². The molecule has 1 saturated heterocycles. The van der Waals surface area contributed by atoms with Crippen molar-refractivity contribution in [1.82, 2.24) is 9.80 Å². The van der Waals surface area contributed by atoms with Gasteiger partial charge in [0.15, 0.2) is 0 Å². The molecule has 1 aliphatic rings. The van der Waals surface area contributed by atoms with E-state index in [0.717, 1.165) is 19.6 Å². The van der Waals surface area contributed by atoms with Gasteiger partial charge in [0.05, 0.1) is 4.47 Å². The van der Waals surface area contributed by atoms with E-state index in [1.165, 1.54) is 6.07 Å². The molecule has 1 fully saturated rings. The second kappa shape index (κ2) is 6.68. The highest BCUT2D eigenvalue weighted by atomic mass is 79.9. The van der Waals surface area contributed by atoms with Gasteiger partial charge < -0.3 is 4.90 Å². The minimum atomic E-state index is -0.394. The molecule has 0 spiro atoms. The normalized spacial score (nSPS) is 16.8. The summed E-state index contributed by atoms with van der Waals surface area (Å²) < 4.78 is 13.9. The van der Waals surface area contributed by atoms with Gasteiger partial charge in [-0.3, -0.25) is 9.69 Å². The molecule has 0 aliphatic carbocycles. The molecule has 2 rings (SSSR count). The maximum Gasteiger partial charge on any atom is 0.254 e. The Kier molecular flexibility index (Phi) is 5.16. The zero-order valence-corrected chi connectivity index (χ0v) is 13.5. The van der Waals surface area contributed by atoms with E-state index in [1.807, 2.05) is 0 Å². The fourth-order valence-corrected chi connectivity index (χ4v) is 2.71. The average Bonchev–Trinajstić information content (AvgIpc) is 2.41. The zero-order valence-electron chi connectivity index (χ0n) is 11.9. The summed E-state index contributed by atoms with van der Waals surface area (Å²) in [6.45, 7) is 8.66. The fourth-order valence-electron chi connectivity index (χ4n) is 2.46. The van der Waals surface area contributed by atoms with E-state index in [9.17, 15) is 9.18 Å². The van der Waals surface area contributed by atoms with Crippen LogP contribution in [0.15, 0.2) is 22.7 Å². The lowest BCUT2D eigenvalue weighted by Crippen LogP contribution is -2.49. The Hall–Kier alpha value is -0.940. The van der Waals surface area contributed by atoms with E-state index in [1.54, 1.807) is 17.0 Å². The first-order valence-corrected chi connectivity index (χ1v) is 7.73. The third-order valence-corrected chi connectivity index (χ3v) is 4.09. The molecule has 3 nitrogen and oxygen atoms in total. The third-order valence-electron chi connectivity index (χ3n) is 3.45. The van der Waals surface area contributed by atoms with Crippen LogP contribution in [0.25, 0.3) is 0 Å². The summed E-state index contributed by atoms with van der Waals surface area (Å²) in [6.07, 6.45) is 0. The average molecular weight is 343 g/mol. The van der Waals surface area contributed by atoms with Gasteiger partial charge in [-0.05, 0) is 40.0 Å². The highest BCUT2D eigenvalue weighted by Gasteiger charge is 2.22. The third kappa shape index (κ3) is 3.79. The molecular formula is C15H20BrFN2O. The summed E-state index contributed by atoms with van der Waals surface area (Å²) in [5, 5.41) is 0. The van der Waals surface area contributed by atoms with Crippen LogP contribution in [0.1, 0.15) is 24.2 Å². The van der Waals surface area contributed by atoms with Crippen molar-refractivity contribution >= 4 is 21.8 Å². The van der Waals surface area contributed by atoms with Gasteiger partial charge in [0.2, 0.25) is 0 Å². The van der Waals surface area contributed by atoms with Gasteiger partial charge in [-0.2, -0.15) is 0 Å². The van der Waals surface area contributed by atoms with E-state index in [0.29, 0.717) is 29.0 Å². The molecule has 1 amide bonds. The number of nitrogens with zero attached hydrogens (tertiary/aromatic N) is 2. The summed E-state index contributed by atoms with van der Waals surface area (Å²) in [6, 6.07) is 4.54. The molecule has 0 atom stereocenters. The summed E-state index contributed by atoms with van der Waals surface area (Å²) in [5.41, 5.74) is 0.419. The fraction of sp³-hybridized carbons (Fsp3) is 0.533. The molecule has 20 heavy (non-hydrogen) atoms. The SMILES string of the molecule is CC(C)CN1CCN(C(=O)c2ccc(Br)c(F)c2)CC1. The molecule has 0 unspecified atom stereocenters.